The predicted molar refractivity (Wildman–Crippen MR) is 92.9 cm³/mol. The minimum atomic E-state index is -0.228. The van der Waals surface area contributed by atoms with E-state index >= 15 is 0 Å². The van der Waals surface area contributed by atoms with E-state index in [0.29, 0.717) is 12.3 Å². The summed E-state index contributed by atoms with van der Waals surface area (Å²) in [6.07, 6.45) is 0.670. The van der Waals surface area contributed by atoms with Crippen LogP contribution in [0.25, 0.3) is 16.7 Å². The lowest BCUT2D eigenvalue weighted by atomic mass is 10.2. The van der Waals surface area contributed by atoms with Crippen LogP contribution < -0.4 is 0 Å². The lowest BCUT2D eigenvalue weighted by Crippen LogP contribution is -2.04. The fraction of sp³-hybridized carbons (Fsp3) is 0.188. The van der Waals surface area contributed by atoms with E-state index in [1.165, 1.54) is 6.07 Å². The summed E-state index contributed by atoms with van der Waals surface area (Å²) in [5.74, 6) is 1.17. The van der Waals surface area contributed by atoms with Gasteiger partial charge in [-0.3, -0.25) is 4.57 Å². The van der Waals surface area contributed by atoms with Crippen LogP contribution in [0, 0.1) is 16.3 Å². The second kappa shape index (κ2) is 5.93. The number of fused-ring (bicyclic) bond motifs is 1. The van der Waals surface area contributed by atoms with Crippen molar-refractivity contribution in [3.8, 4) is 5.69 Å². The third-order valence-electron chi connectivity index (χ3n) is 3.40. The van der Waals surface area contributed by atoms with Crippen LogP contribution in [0.1, 0.15) is 11.4 Å². The van der Waals surface area contributed by atoms with Crippen molar-refractivity contribution >= 4 is 45.2 Å². The van der Waals surface area contributed by atoms with Crippen LogP contribution in [0.4, 0.5) is 4.39 Å². The molecule has 1 heterocycles. The number of rotatable bonds is 3. The molecule has 2 aromatic carbocycles. The highest BCUT2D eigenvalue weighted by Gasteiger charge is 2.14. The number of benzene rings is 2. The highest BCUT2D eigenvalue weighted by atomic mass is 127. The van der Waals surface area contributed by atoms with E-state index in [2.05, 4.69) is 32.1 Å². The smallest absolute Gasteiger partial charge is 0.123 e. The van der Waals surface area contributed by atoms with Gasteiger partial charge in [-0.15, -0.1) is 11.6 Å². The van der Waals surface area contributed by atoms with Crippen molar-refractivity contribution < 1.29 is 4.39 Å². The first-order valence-electron chi connectivity index (χ1n) is 6.59. The van der Waals surface area contributed by atoms with Gasteiger partial charge in [-0.05, 0) is 71.5 Å². The number of hydrogen-bond donors (Lipinski definition) is 0. The summed E-state index contributed by atoms with van der Waals surface area (Å²) in [7, 11) is 0. The minimum absolute atomic E-state index is 0.228. The number of alkyl halides is 1. The van der Waals surface area contributed by atoms with Crippen LogP contribution in [0.2, 0.25) is 0 Å². The van der Waals surface area contributed by atoms with Crippen LogP contribution in [-0.2, 0) is 6.42 Å². The van der Waals surface area contributed by atoms with Crippen LogP contribution >= 0.6 is 34.2 Å². The fourth-order valence-electron chi connectivity index (χ4n) is 2.49. The summed E-state index contributed by atoms with van der Waals surface area (Å²) in [6.45, 7) is 1.90. The lowest BCUT2D eigenvalue weighted by molar-refractivity contribution is 0.626. The number of imidazole rings is 1. The normalized spacial score (nSPS) is 11.2. The number of hydrogen-bond acceptors (Lipinski definition) is 1. The van der Waals surface area contributed by atoms with E-state index in [1.807, 2.05) is 25.1 Å². The molecule has 0 amide bonds. The fourth-order valence-corrected chi connectivity index (χ4v) is 3.14. The van der Waals surface area contributed by atoms with Gasteiger partial charge in [-0.1, -0.05) is 0 Å². The molecule has 3 rings (SSSR count). The summed E-state index contributed by atoms with van der Waals surface area (Å²) in [4.78, 5) is 4.68. The largest absolute Gasteiger partial charge is 0.296 e. The molecule has 0 spiro atoms. The highest BCUT2D eigenvalue weighted by Crippen LogP contribution is 2.26. The topological polar surface area (TPSA) is 17.8 Å². The average molecular weight is 415 g/mol. The second-order valence-corrected chi connectivity index (χ2v) is 6.49. The van der Waals surface area contributed by atoms with Gasteiger partial charge in [0.2, 0.25) is 0 Å². The van der Waals surface area contributed by atoms with Gasteiger partial charge < -0.3 is 0 Å². The molecule has 0 saturated carbocycles. The predicted octanol–water partition coefficient (Wildman–Crippen LogP) is 4.86. The molecule has 0 radical (unpaired) electrons. The molecular weight excluding hydrogens is 402 g/mol. The maximum Gasteiger partial charge on any atom is 0.123 e. The zero-order valence-electron chi connectivity index (χ0n) is 11.4. The van der Waals surface area contributed by atoms with Crippen LogP contribution in [0.5, 0.6) is 0 Å². The number of nitrogens with zero attached hydrogens (tertiary/aromatic N) is 2. The molecule has 0 aliphatic rings. The Hall–Kier alpha value is -1.14. The molecule has 0 aliphatic carbocycles. The van der Waals surface area contributed by atoms with Gasteiger partial charge in [0.05, 0.1) is 16.7 Å². The zero-order chi connectivity index (χ0) is 15.0. The van der Waals surface area contributed by atoms with Crippen molar-refractivity contribution in [1.82, 2.24) is 9.55 Å². The van der Waals surface area contributed by atoms with E-state index in [1.54, 1.807) is 12.1 Å². The molecule has 0 aliphatic heterocycles. The van der Waals surface area contributed by atoms with Gasteiger partial charge >= 0.3 is 0 Å². The summed E-state index contributed by atoms with van der Waals surface area (Å²) in [5.41, 5.74) is 3.78. The molecule has 0 saturated heterocycles. The third-order valence-corrected chi connectivity index (χ3v) is 4.26. The van der Waals surface area contributed by atoms with E-state index in [0.717, 1.165) is 31.7 Å². The molecule has 108 valence electrons. The standard InChI is InChI=1S/C16H13ClFIN2/c1-10-8-11(18)2-4-14(10)21-15-5-3-12(19)9-13(15)20-16(21)6-7-17/h2-5,8-9H,6-7H2,1H3. The Morgan fingerprint density at radius 3 is 2.76 bits per heavy atom. The Morgan fingerprint density at radius 1 is 1.24 bits per heavy atom. The number of aromatic nitrogens is 2. The third kappa shape index (κ3) is 2.79. The first-order valence-corrected chi connectivity index (χ1v) is 8.21. The number of halogens is 3. The van der Waals surface area contributed by atoms with E-state index in [-0.39, 0.29) is 5.82 Å². The first-order chi connectivity index (χ1) is 10.1. The Labute approximate surface area is 141 Å². The van der Waals surface area contributed by atoms with E-state index in [9.17, 15) is 4.39 Å². The summed E-state index contributed by atoms with van der Waals surface area (Å²) < 4.78 is 16.6. The molecular formula is C16H13ClFIN2. The minimum Gasteiger partial charge on any atom is -0.296 e. The van der Waals surface area contributed by atoms with Gasteiger partial charge in [0, 0.05) is 15.9 Å². The van der Waals surface area contributed by atoms with Crippen LogP contribution in [0.3, 0.4) is 0 Å². The number of aryl methyl sites for hydroxylation is 2. The Morgan fingerprint density at radius 2 is 2.05 bits per heavy atom. The monoisotopic (exact) mass is 414 g/mol. The molecule has 0 unspecified atom stereocenters. The highest BCUT2D eigenvalue weighted by molar-refractivity contribution is 14.1. The van der Waals surface area contributed by atoms with E-state index < -0.39 is 0 Å². The zero-order valence-corrected chi connectivity index (χ0v) is 14.3. The molecule has 1 aromatic heterocycles. The van der Waals surface area contributed by atoms with Crippen LogP contribution in [-0.4, -0.2) is 15.4 Å². The molecule has 21 heavy (non-hydrogen) atoms. The average Bonchev–Trinajstić information content (AvgIpc) is 2.76. The quantitative estimate of drug-likeness (QED) is 0.442. The second-order valence-electron chi connectivity index (χ2n) is 4.87. The van der Waals surface area contributed by atoms with Crippen molar-refractivity contribution in [3.63, 3.8) is 0 Å². The first kappa shape index (κ1) is 14.8. The summed E-state index contributed by atoms with van der Waals surface area (Å²) in [6, 6.07) is 10.9. The molecule has 0 fully saturated rings. The Bertz CT molecular complexity index is 813. The van der Waals surface area contributed by atoms with Gasteiger partial charge in [-0.25, -0.2) is 9.37 Å². The van der Waals surface area contributed by atoms with Crippen molar-refractivity contribution in [2.24, 2.45) is 0 Å². The van der Waals surface area contributed by atoms with Crippen molar-refractivity contribution in [2.45, 2.75) is 13.3 Å². The molecule has 5 heteroatoms. The summed E-state index contributed by atoms with van der Waals surface area (Å²) in [5, 5.41) is 0. The maximum atomic E-state index is 13.4. The van der Waals surface area contributed by atoms with Crippen molar-refractivity contribution in [2.75, 3.05) is 5.88 Å². The van der Waals surface area contributed by atoms with Gasteiger partial charge in [0.1, 0.15) is 11.6 Å². The van der Waals surface area contributed by atoms with Crippen LogP contribution in [0.15, 0.2) is 36.4 Å². The SMILES string of the molecule is Cc1cc(F)ccc1-n1c(CCCl)nc2cc(I)ccc21. The summed E-state index contributed by atoms with van der Waals surface area (Å²) >= 11 is 8.18. The van der Waals surface area contributed by atoms with Gasteiger partial charge in [0.25, 0.3) is 0 Å². The molecule has 0 N–H and O–H groups in total. The van der Waals surface area contributed by atoms with E-state index in [4.69, 9.17) is 11.6 Å². The van der Waals surface area contributed by atoms with Gasteiger partial charge in [0.15, 0.2) is 0 Å². The molecule has 3 aromatic rings. The van der Waals surface area contributed by atoms with Crippen molar-refractivity contribution in [1.29, 1.82) is 0 Å². The molecule has 0 bridgehead atoms. The lowest BCUT2D eigenvalue weighted by Gasteiger charge is -2.11. The van der Waals surface area contributed by atoms with Crippen molar-refractivity contribution in [3.05, 3.63) is 57.2 Å². The molecule has 0 atom stereocenters. The maximum absolute atomic E-state index is 13.4. The Balaban J connectivity index is 2.30. The van der Waals surface area contributed by atoms with Gasteiger partial charge in [-0.2, -0.15) is 0 Å². The molecule has 2 nitrogen and oxygen atoms in total. The Kier molecular flexibility index (Phi) is 4.17.